The van der Waals surface area contributed by atoms with E-state index in [4.69, 9.17) is 20.5 Å². The highest BCUT2D eigenvalue weighted by Crippen LogP contribution is 2.04. The quantitative estimate of drug-likeness (QED) is 0.662. The summed E-state index contributed by atoms with van der Waals surface area (Å²) in [6.45, 7) is 4.67. The van der Waals surface area contributed by atoms with Gasteiger partial charge in [0.05, 0.1) is 18.8 Å². The van der Waals surface area contributed by atoms with E-state index in [1.807, 2.05) is 13.0 Å². The van der Waals surface area contributed by atoms with Gasteiger partial charge < -0.3 is 15.2 Å². The molecule has 0 saturated heterocycles. The molecule has 0 saturated carbocycles. The van der Waals surface area contributed by atoms with Gasteiger partial charge >= 0.3 is 0 Å². The molecule has 0 aliphatic heterocycles. The summed E-state index contributed by atoms with van der Waals surface area (Å²) in [6, 6.07) is 2.01. The predicted octanol–water partition coefficient (Wildman–Crippen LogP) is 0.669. The Labute approximate surface area is 79.6 Å². The van der Waals surface area contributed by atoms with Crippen LogP contribution in [-0.4, -0.2) is 32.0 Å². The molecule has 4 heteroatoms. The summed E-state index contributed by atoms with van der Waals surface area (Å²) in [5, 5.41) is 8.61. The first-order valence-electron chi connectivity index (χ1n) is 4.32. The van der Waals surface area contributed by atoms with Gasteiger partial charge in [-0.1, -0.05) is 0 Å². The Kier molecular flexibility index (Phi) is 5.63. The molecule has 0 aromatic carbocycles. The van der Waals surface area contributed by atoms with Crippen molar-refractivity contribution in [3.05, 3.63) is 0 Å². The molecule has 2 N–H and O–H groups in total. The molecule has 0 amide bonds. The molecule has 2 unspecified atom stereocenters. The number of nitrogens with two attached hydrogens (primary N) is 1. The molecule has 0 aliphatic carbocycles. The molecule has 0 aromatic rings. The molecule has 0 heterocycles. The van der Waals surface area contributed by atoms with Gasteiger partial charge in [-0.25, -0.2) is 0 Å². The fourth-order valence-corrected chi connectivity index (χ4v) is 0.811. The van der Waals surface area contributed by atoms with Crippen LogP contribution in [0.15, 0.2) is 0 Å². The Morgan fingerprint density at radius 3 is 2.69 bits per heavy atom. The molecule has 0 rings (SSSR count). The molecule has 0 bridgehead atoms. The molecular weight excluding hydrogens is 168 g/mol. The van der Waals surface area contributed by atoms with Crippen LogP contribution in [0.5, 0.6) is 0 Å². The van der Waals surface area contributed by atoms with Gasteiger partial charge in [0.2, 0.25) is 0 Å². The Hall–Kier alpha value is -0.630. The highest BCUT2D eigenvalue weighted by Gasteiger charge is 2.17. The first kappa shape index (κ1) is 12.4. The summed E-state index contributed by atoms with van der Waals surface area (Å²) < 4.78 is 10.3. The first-order valence-corrected chi connectivity index (χ1v) is 4.32. The van der Waals surface area contributed by atoms with Crippen LogP contribution in [0.2, 0.25) is 0 Å². The van der Waals surface area contributed by atoms with Gasteiger partial charge in [-0.2, -0.15) is 5.26 Å². The van der Waals surface area contributed by atoms with Crippen molar-refractivity contribution >= 4 is 0 Å². The van der Waals surface area contributed by atoms with Gasteiger partial charge in [-0.3, -0.25) is 0 Å². The third-order valence-corrected chi connectivity index (χ3v) is 1.68. The second-order valence-corrected chi connectivity index (χ2v) is 3.42. The monoisotopic (exact) mass is 186 g/mol. The van der Waals surface area contributed by atoms with Crippen molar-refractivity contribution in [1.82, 2.24) is 0 Å². The second-order valence-electron chi connectivity index (χ2n) is 3.42. The molecule has 76 valence electrons. The van der Waals surface area contributed by atoms with Crippen LogP contribution >= 0.6 is 0 Å². The summed E-state index contributed by atoms with van der Waals surface area (Å²) in [7, 11) is 1.63. The number of hydrogen-bond donors (Lipinski definition) is 1. The zero-order chi connectivity index (χ0) is 10.3. The minimum absolute atomic E-state index is 0.0551. The lowest BCUT2D eigenvalue weighted by Crippen LogP contribution is -2.36. The van der Waals surface area contributed by atoms with Crippen molar-refractivity contribution in [3.63, 3.8) is 0 Å². The van der Waals surface area contributed by atoms with Crippen LogP contribution in [0.4, 0.5) is 0 Å². The second kappa shape index (κ2) is 5.92. The average Bonchev–Trinajstić information content (AvgIpc) is 2.05. The summed E-state index contributed by atoms with van der Waals surface area (Å²) >= 11 is 0. The molecule has 0 aromatic heterocycles. The molecule has 0 spiro atoms. The SMILES string of the molecule is COCC(C)OCCC(C)(N)C#N. The Morgan fingerprint density at radius 2 is 2.23 bits per heavy atom. The van der Waals surface area contributed by atoms with E-state index < -0.39 is 5.54 Å². The van der Waals surface area contributed by atoms with Gasteiger partial charge in [0.25, 0.3) is 0 Å². The summed E-state index contributed by atoms with van der Waals surface area (Å²) in [6.07, 6.45) is 0.594. The van der Waals surface area contributed by atoms with E-state index in [1.165, 1.54) is 0 Å². The number of nitrogens with zero attached hydrogens (tertiary/aromatic N) is 1. The number of hydrogen-bond acceptors (Lipinski definition) is 4. The van der Waals surface area contributed by atoms with E-state index in [9.17, 15) is 0 Å². The van der Waals surface area contributed by atoms with Crippen molar-refractivity contribution in [2.75, 3.05) is 20.3 Å². The van der Waals surface area contributed by atoms with Crippen molar-refractivity contribution in [2.45, 2.75) is 31.9 Å². The summed E-state index contributed by atoms with van der Waals surface area (Å²) in [5.41, 5.74) is 4.82. The molecule has 4 nitrogen and oxygen atoms in total. The fraction of sp³-hybridized carbons (Fsp3) is 0.889. The van der Waals surface area contributed by atoms with Crippen molar-refractivity contribution < 1.29 is 9.47 Å². The largest absolute Gasteiger partial charge is 0.382 e. The number of nitriles is 1. The normalized spacial score (nSPS) is 17.5. The molecule has 13 heavy (non-hydrogen) atoms. The maximum atomic E-state index is 8.61. The highest BCUT2D eigenvalue weighted by molar-refractivity contribution is 5.00. The predicted molar refractivity (Wildman–Crippen MR) is 50.1 cm³/mol. The van der Waals surface area contributed by atoms with E-state index in [1.54, 1.807) is 14.0 Å². The average molecular weight is 186 g/mol. The zero-order valence-corrected chi connectivity index (χ0v) is 8.54. The van der Waals surface area contributed by atoms with E-state index in [0.29, 0.717) is 19.6 Å². The van der Waals surface area contributed by atoms with Crippen molar-refractivity contribution in [1.29, 1.82) is 5.26 Å². The number of rotatable bonds is 6. The Bertz CT molecular complexity index is 175. The number of methoxy groups -OCH3 is 1. The third-order valence-electron chi connectivity index (χ3n) is 1.68. The van der Waals surface area contributed by atoms with Crippen LogP contribution in [-0.2, 0) is 9.47 Å². The van der Waals surface area contributed by atoms with Gasteiger partial charge in [0.1, 0.15) is 5.54 Å². The maximum Gasteiger partial charge on any atom is 0.103 e. The molecular formula is C9H18N2O2. The third kappa shape index (κ3) is 6.52. The lowest BCUT2D eigenvalue weighted by molar-refractivity contribution is 0.00504. The standard InChI is InChI=1S/C9H18N2O2/c1-8(6-12-3)13-5-4-9(2,11)7-10/h8H,4-6,11H2,1-3H3. The first-order chi connectivity index (χ1) is 6.02. The van der Waals surface area contributed by atoms with Crippen LogP contribution < -0.4 is 5.73 Å². The van der Waals surface area contributed by atoms with E-state index in [2.05, 4.69) is 0 Å². The Balaban J connectivity index is 3.51. The molecule has 0 radical (unpaired) electrons. The smallest absolute Gasteiger partial charge is 0.103 e. The number of ether oxygens (including phenoxy) is 2. The van der Waals surface area contributed by atoms with Gasteiger partial charge in [0, 0.05) is 20.1 Å². The minimum Gasteiger partial charge on any atom is -0.382 e. The highest BCUT2D eigenvalue weighted by atomic mass is 16.5. The van der Waals surface area contributed by atoms with Crippen LogP contribution in [0.3, 0.4) is 0 Å². The molecule has 0 aliphatic rings. The van der Waals surface area contributed by atoms with E-state index in [0.717, 1.165) is 0 Å². The maximum absolute atomic E-state index is 8.61. The molecule has 2 atom stereocenters. The lowest BCUT2D eigenvalue weighted by atomic mass is 10.0. The van der Waals surface area contributed by atoms with Gasteiger partial charge in [-0.15, -0.1) is 0 Å². The van der Waals surface area contributed by atoms with Crippen molar-refractivity contribution in [2.24, 2.45) is 5.73 Å². The van der Waals surface area contributed by atoms with Crippen LogP contribution in [0.1, 0.15) is 20.3 Å². The minimum atomic E-state index is -0.785. The molecule has 0 fully saturated rings. The van der Waals surface area contributed by atoms with Crippen LogP contribution in [0.25, 0.3) is 0 Å². The van der Waals surface area contributed by atoms with Crippen molar-refractivity contribution in [3.8, 4) is 6.07 Å². The fourth-order valence-electron chi connectivity index (χ4n) is 0.811. The summed E-state index contributed by atoms with van der Waals surface area (Å²) in [4.78, 5) is 0. The van der Waals surface area contributed by atoms with E-state index in [-0.39, 0.29) is 6.10 Å². The summed E-state index contributed by atoms with van der Waals surface area (Å²) in [5.74, 6) is 0. The van der Waals surface area contributed by atoms with Crippen LogP contribution in [0, 0.1) is 11.3 Å². The topological polar surface area (TPSA) is 68.3 Å². The zero-order valence-electron chi connectivity index (χ0n) is 8.54. The Morgan fingerprint density at radius 1 is 1.62 bits per heavy atom. The van der Waals surface area contributed by atoms with Gasteiger partial charge in [0.15, 0.2) is 0 Å². The van der Waals surface area contributed by atoms with Gasteiger partial charge in [-0.05, 0) is 13.8 Å². The lowest BCUT2D eigenvalue weighted by Gasteiger charge is -2.17. The van der Waals surface area contributed by atoms with E-state index >= 15 is 0 Å².